The van der Waals surface area contributed by atoms with Crippen LogP contribution in [-0.4, -0.2) is 0 Å². The summed E-state index contributed by atoms with van der Waals surface area (Å²) in [6, 6.07) is 10.0. The van der Waals surface area contributed by atoms with E-state index < -0.39 is 0 Å². The van der Waals surface area contributed by atoms with Crippen LogP contribution < -0.4 is 0 Å². The molecule has 1 aromatic carbocycles. The van der Waals surface area contributed by atoms with Crippen LogP contribution in [0.3, 0.4) is 0 Å². The molecule has 0 aliphatic rings. The van der Waals surface area contributed by atoms with Gasteiger partial charge in [0.1, 0.15) is 0 Å². The summed E-state index contributed by atoms with van der Waals surface area (Å²) in [6.07, 6.45) is 4.04. The Bertz CT molecular complexity index is 353. The van der Waals surface area contributed by atoms with Gasteiger partial charge in [-0.15, -0.1) is 0 Å². The van der Waals surface area contributed by atoms with Crippen LogP contribution in [0.15, 0.2) is 42.5 Å². The summed E-state index contributed by atoms with van der Waals surface area (Å²) in [5.74, 6) is 6.11. The van der Waals surface area contributed by atoms with Crippen molar-refractivity contribution in [2.24, 2.45) is 5.41 Å². The van der Waals surface area contributed by atoms with Crippen LogP contribution >= 0.6 is 0 Å². The quantitative estimate of drug-likeness (QED) is 0.540. The molecule has 0 heteroatoms. The largest absolute Gasteiger partial charge is 0.0707 e. The van der Waals surface area contributed by atoms with Gasteiger partial charge in [-0.25, -0.2) is 0 Å². The van der Waals surface area contributed by atoms with Gasteiger partial charge < -0.3 is 0 Å². The molecule has 1 rings (SSSR count). The highest BCUT2D eigenvalue weighted by Gasteiger charge is 2.01. The highest BCUT2D eigenvalue weighted by molar-refractivity contribution is 5.36. The van der Waals surface area contributed by atoms with Crippen LogP contribution in [0.1, 0.15) is 26.3 Å². The maximum atomic E-state index is 3.08. The molecular weight excluding hydrogens is 168 g/mol. The van der Waals surface area contributed by atoms with Crippen LogP contribution in [0.25, 0.3) is 0 Å². The summed E-state index contributed by atoms with van der Waals surface area (Å²) in [4.78, 5) is 0. The Hall–Kier alpha value is -1.48. The lowest BCUT2D eigenvalue weighted by atomic mass is 9.96. The number of hydrogen-bond acceptors (Lipinski definition) is 0. The Kier molecular flexibility index (Phi) is 3.54. The Morgan fingerprint density at radius 2 is 1.71 bits per heavy atom. The third-order valence-corrected chi connectivity index (χ3v) is 1.66. The molecule has 0 spiro atoms. The molecule has 0 radical (unpaired) electrons. The molecule has 0 aliphatic heterocycles. The monoisotopic (exact) mass is 184 g/mol. The van der Waals surface area contributed by atoms with Crippen LogP contribution in [0.4, 0.5) is 0 Å². The third kappa shape index (κ3) is 4.52. The lowest BCUT2D eigenvalue weighted by Gasteiger charge is -2.09. The molecule has 0 atom stereocenters. The van der Waals surface area contributed by atoms with E-state index in [-0.39, 0.29) is 5.41 Å². The number of hydrogen-bond donors (Lipinski definition) is 0. The molecule has 72 valence electrons. The minimum Gasteiger partial charge on any atom is -0.0707 e. The van der Waals surface area contributed by atoms with Crippen LogP contribution in [0.2, 0.25) is 0 Å². The second-order valence-electron chi connectivity index (χ2n) is 4.33. The van der Waals surface area contributed by atoms with Gasteiger partial charge in [-0.3, -0.25) is 0 Å². The van der Waals surface area contributed by atoms with Gasteiger partial charge in [0, 0.05) is 5.56 Å². The van der Waals surface area contributed by atoms with Crippen molar-refractivity contribution in [3.8, 4) is 11.8 Å². The van der Waals surface area contributed by atoms with Crippen molar-refractivity contribution in [2.75, 3.05) is 0 Å². The predicted molar refractivity (Wildman–Crippen MR) is 61.9 cm³/mol. The number of rotatable bonds is 0. The molecule has 1 aromatic rings. The van der Waals surface area contributed by atoms with Gasteiger partial charge in [0.05, 0.1) is 0 Å². The molecule has 0 amide bonds. The third-order valence-electron chi connectivity index (χ3n) is 1.66. The zero-order chi connectivity index (χ0) is 10.4. The van der Waals surface area contributed by atoms with Gasteiger partial charge in [0.15, 0.2) is 0 Å². The van der Waals surface area contributed by atoms with Crippen molar-refractivity contribution in [1.82, 2.24) is 0 Å². The topological polar surface area (TPSA) is 0 Å². The molecule has 0 nitrogen and oxygen atoms in total. The Morgan fingerprint density at radius 1 is 1.07 bits per heavy atom. The summed E-state index contributed by atoms with van der Waals surface area (Å²) in [5.41, 5.74) is 1.27. The van der Waals surface area contributed by atoms with Gasteiger partial charge in [-0.2, -0.15) is 0 Å². The molecule has 0 fully saturated rings. The molecule has 0 heterocycles. The Labute approximate surface area is 86.7 Å². The second-order valence-corrected chi connectivity index (χ2v) is 4.33. The van der Waals surface area contributed by atoms with Crippen molar-refractivity contribution in [1.29, 1.82) is 0 Å². The van der Waals surface area contributed by atoms with Crippen LogP contribution in [-0.2, 0) is 0 Å². The maximum absolute atomic E-state index is 3.08. The molecule has 0 unspecified atom stereocenters. The average Bonchev–Trinajstić information content (AvgIpc) is 2.13. The Balaban J connectivity index is 2.62. The van der Waals surface area contributed by atoms with E-state index in [1.165, 1.54) is 0 Å². The first-order chi connectivity index (χ1) is 6.58. The summed E-state index contributed by atoms with van der Waals surface area (Å²) in [5, 5.41) is 0. The van der Waals surface area contributed by atoms with Gasteiger partial charge in [0.25, 0.3) is 0 Å². The first kappa shape index (κ1) is 10.6. The maximum Gasteiger partial charge on any atom is 0.0248 e. The van der Waals surface area contributed by atoms with Gasteiger partial charge in [-0.05, 0) is 23.6 Å². The van der Waals surface area contributed by atoms with Crippen molar-refractivity contribution in [3.63, 3.8) is 0 Å². The summed E-state index contributed by atoms with van der Waals surface area (Å²) in [7, 11) is 0. The van der Waals surface area contributed by atoms with Gasteiger partial charge >= 0.3 is 0 Å². The smallest absolute Gasteiger partial charge is 0.0248 e. The minimum absolute atomic E-state index is 0.214. The number of benzene rings is 1. The van der Waals surface area contributed by atoms with Gasteiger partial charge in [0.2, 0.25) is 0 Å². The molecule has 0 N–H and O–H groups in total. The fourth-order valence-electron chi connectivity index (χ4n) is 0.938. The van der Waals surface area contributed by atoms with E-state index in [4.69, 9.17) is 0 Å². The van der Waals surface area contributed by atoms with Crippen molar-refractivity contribution in [2.45, 2.75) is 20.8 Å². The number of allylic oxidation sites excluding steroid dienone is 2. The molecule has 0 aromatic heterocycles. The van der Waals surface area contributed by atoms with E-state index in [1.54, 1.807) is 0 Å². The summed E-state index contributed by atoms with van der Waals surface area (Å²) in [6.45, 7) is 6.48. The van der Waals surface area contributed by atoms with E-state index in [0.717, 1.165) is 5.56 Å². The van der Waals surface area contributed by atoms with Gasteiger partial charge in [-0.1, -0.05) is 56.9 Å². The molecule has 0 bridgehead atoms. The Morgan fingerprint density at radius 3 is 2.29 bits per heavy atom. The lowest BCUT2D eigenvalue weighted by Crippen LogP contribution is -1.97. The molecule has 0 saturated carbocycles. The molecule has 14 heavy (non-hydrogen) atoms. The zero-order valence-corrected chi connectivity index (χ0v) is 9.04. The summed E-state index contributed by atoms with van der Waals surface area (Å²) < 4.78 is 0. The fraction of sp³-hybridized carbons (Fsp3) is 0.286. The first-order valence-corrected chi connectivity index (χ1v) is 4.82. The van der Waals surface area contributed by atoms with Crippen LogP contribution in [0, 0.1) is 17.3 Å². The first-order valence-electron chi connectivity index (χ1n) is 4.82. The van der Waals surface area contributed by atoms with Crippen molar-refractivity contribution >= 4 is 0 Å². The fourth-order valence-corrected chi connectivity index (χ4v) is 0.938. The van der Waals surface area contributed by atoms with E-state index >= 15 is 0 Å². The summed E-state index contributed by atoms with van der Waals surface area (Å²) >= 11 is 0. The standard InChI is InChI=1S/C14H16/c1-14(2,3)12-8-7-11-13-9-5-4-6-10-13/h4-6,8-10,12H,1-3H3/b12-8+. The SMILES string of the molecule is CC(C)(C)/C=C/C#Cc1ccccc1. The van der Waals surface area contributed by atoms with E-state index in [0.29, 0.717) is 0 Å². The van der Waals surface area contributed by atoms with Crippen LogP contribution in [0.5, 0.6) is 0 Å². The minimum atomic E-state index is 0.214. The lowest BCUT2D eigenvalue weighted by molar-refractivity contribution is 0.544. The second kappa shape index (κ2) is 4.67. The van der Waals surface area contributed by atoms with Crippen molar-refractivity contribution < 1.29 is 0 Å². The average molecular weight is 184 g/mol. The van der Waals surface area contributed by atoms with E-state index in [1.807, 2.05) is 36.4 Å². The zero-order valence-electron chi connectivity index (χ0n) is 9.04. The molecule has 0 aliphatic carbocycles. The highest BCUT2D eigenvalue weighted by Crippen LogP contribution is 2.13. The normalized spacial score (nSPS) is 11.1. The molecular formula is C14H16. The van der Waals surface area contributed by atoms with E-state index in [9.17, 15) is 0 Å². The van der Waals surface area contributed by atoms with E-state index in [2.05, 4.69) is 38.7 Å². The highest BCUT2D eigenvalue weighted by atomic mass is 14.1. The predicted octanol–water partition coefficient (Wildman–Crippen LogP) is 3.64. The van der Waals surface area contributed by atoms with Crippen molar-refractivity contribution in [3.05, 3.63) is 48.0 Å². The molecule has 0 saturated heterocycles.